The molecule has 0 spiro atoms. The first-order chi connectivity index (χ1) is 10.1. The minimum Gasteiger partial charge on any atom is -0.223 e. The standard InChI is InChI=1S/C14H16F2N2O2S2/c1-14(2,3)9-4-6-10(7-5-9)22(19,20)8-11-17-18-13(21-11)12(15)16/h4-7,12H,8H2,1-3H3. The largest absolute Gasteiger partial charge is 0.291 e. The summed E-state index contributed by atoms with van der Waals surface area (Å²) in [4.78, 5) is 0.147. The number of nitrogens with zero attached hydrogens (tertiary/aromatic N) is 2. The normalized spacial score (nSPS) is 12.8. The first kappa shape index (κ1) is 17.0. The fourth-order valence-electron chi connectivity index (χ4n) is 1.82. The minimum atomic E-state index is -3.62. The second-order valence-electron chi connectivity index (χ2n) is 5.87. The Kier molecular flexibility index (Phi) is 4.62. The van der Waals surface area contributed by atoms with Crippen LogP contribution < -0.4 is 0 Å². The molecule has 2 rings (SSSR count). The van der Waals surface area contributed by atoms with Crippen molar-refractivity contribution < 1.29 is 17.2 Å². The van der Waals surface area contributed by atoms with Gasteiger partial charge in [0.25, 0.3) is 6.43 Å². The van der Waals surface area contributed by atoms with Gasteiger partial charge in [0.15, 0.2) is 14.8 Å². The Morgan fingerprint density at radius 1 is 1.14 bits per heavy atom. The molecule has 1 aromatic heterocycles. The number of benzene rings is 1. The zero-order valence-electron chi connectivity index (χ0n) is 12.4. The van der Waals surface area contributed by atoms with E-state index in [9.17, 15) is 17.2 Å². The average molecular weight is 346 g/mol. The van der Waals surface area contributed by atoms with Gasteiger partial charge in [0.05, 0.1) is 4.90 Å². The summed E-state index contributed by atoms with van der Waals surface area (Å²) in [5, 5.41) is 6.41. The van der Waals surface area contributed by atoms with Gasteiger partial charge in [-0.2, -0.15) is 0 Å². The number of hydrogen-bond donors (Lipinski definition) is 0. The highest BCUT2D eigenvalue weighted by Crippen LogP contribution is 2.27. The summed E-state index contributed by atoms with van der Waals surface area (Å²) in [5.74, 6) is -0.424. The quantitative estimate of drug-likeness (QED) is 0.846. The first-order valence-electron chi connectivity index (χ1n) is 6.53. The molecule has 0 aliphatic heterocycles. The van der Waals surface area contributed by atoms with E-state index in [2.05, 4.69) is 10.2 Å². The van der Waals surface area contributed by atoms with Gasteiger partial charge in [-0.1, -0.05) is 44.2 Å². The molecule has 1 heterocycles. The van der Waals surface area contributed by atoms with Crippen molar-refractivity contribution in [3.05, 3.63) is 39.8 Å². The van der Waals surface area contributed by atoms with Crippen molar-refractivity contribution in [3.63, 3.8) is 0 Å². The van der Waals surface area contributed by atoms with Crippen LogP contribution in [0.4, 0.5) is 8.78 Å². The van der Waals surface area contributed by atoms with Gasteiger partial charge in [-0.05, 0) is 23.1 Å². The van der Waals surface area contributed by atoms with Crippen LogP contribution >= 0.6 is 11.3 Å². The molecule has 0 saturated carbocycles. The first-order valence-corrected chi connectivity index (χ1v) is 9.00. The van der Waals surface area contributed by atoms with Crippen molar-refractivity contribution in [3.8, 4) is 0 Å². The lowest BCUT2D eigenvalue weighted by molar-refractivity contribution is 0.150. The summed E-state index contributed by atoms with van der Waals surface area (Å²) in [6.45, 7) is 6.09. The predicted molar refractivity (Wildman–Crippen MR) is 80.9 cm³/mol. The highest BCUT2D eigenvalue weighted by Gasteiger charge is 2.22. The number of sulfone groups is 1. The lowest BCUT2D eigenvalue weighted by Crippen LogP contribution is -2.11. The van der Waals surface area contributed by atoms with Crippen molar-refractivity contribution in [1.29, 1.82) is 0 Å². The van der Waals surface area contributed by atoms with Crippen LogP contribution in [0, 0.1) is 0 Å². The number of aromatic nitrogens is 2. The van der Waals surface area contributed by atoms with E-state index in [1.165, 1.54) is 12.1 Å². The molecule has 0 atom stereocenters. The summed E-state index contributed by atoms with van der Waals surface area (Å²) in [6.07, 6.45) is -2.74. The van der Waals surface area contributed by atoms with Crippen LogP contribution in [0.25, 0.3) is 0 Å². The highest BCUT2D eigenvalue weighted by molar-refractivity contribution is 7.90. The molecule has 0 fully saturated rings. The third-order valence-corrected chi connectivity index (χ3v) is 5.82. The number of halogens is 2. The summed E-state index contributed by atoms with van der Waals surface area (Å²) in [7, 11) is -3.62. The minimum absolute atomic E-state index is 0.0650. The Morgan fingerprint density at radius 2 is 1.73 bits per heavy atom. The van der Waals surface area contributed by atoms with E-state index in [-0.39, 0.29) is 15.3 Å². The molecule has 0 amide bonds. The molecule has 120 valence electrons. The van der Waals surface area contributed by atoms with Crippen molar-refractivity contribution in [2.24, 2.45) is 0 Å². The number of rotatable bonds is 4. The Balaban J connectivity index is 2.22. The molecule has 22 heavy (non-hydrogen) atoms. The van der Waals surface area contributed by atoms with Gasteiger partial charge >= 0.3 is 0 Å². The predicted octanol–water partition coefficient (Wildman–Crippen LogP) is 3.75. The summed E-state index contributed by atoms with van der Waals surface area (Å²) >= 11 is 0.619. The van der Waals surface area contributed by atoms with Crippen molar-refractivity contribution in [1.82, 2.24) is 10.2 Å². The molecule has 0 bridgehead atoms. The average Bonchev–Trinajstić information content (AvgIpc) is 2.86. The van der Waals surface area contributed by atoms with Gasteiger partial charge in [0.1, 0.15) is 10.8 Å². The molecule has 0 aliphatic rings. The van der Waals surface area contributed by atoms with Gasteiger partial charge in [0.2, 0.25) is 0 Å². The molecule has 0 N–H and O–H groups in total. The number of hydrogen-bond acceptors (Lipinski definition) is 5. The van der Waals surface area contributed by atoms with E-state index in [0.29, 0.717) is 11.3 Å². The van der Waals surface area contributed by atoms with Crippen LogP contribution in [0.3, 0.4) is 0 Å². The summed E-state index contributed by atoms with van der Waals surface area (Å²) < 4.78 is 49.5. The maximum absolute atomic E-state index is 12.5. The van der Waals surface area contributed by atoms with E-state index < -0.39 is 27.0 Å². The molecule has 0 saturated heterocycles. The van der Waals surface area contributed by atoms with Gasteiger partial charge in [-0.15, -0.1) is 10.2 Å². The topological polar surface area (TPSA) is 59.9 Å². The fourth-order valence-corrected chi connectivity index (χ4v) is 4.12. The molecule has 0 unspecified atom stereocenters. The van der Waals surface area contributed by atoms with E-state index in [0.717, 1.165) is 5.56 Å². The van der Waals surface area contributed by atoms with Gasteiger partial charge in [-0.25, -0.2) is 17.2 Å². The Hall–Kier alpha value is -1.41. The summed E-state index contributed by atoms with van der Waals surface area (Å²) in [5.41, 5.74) is 0.940. The SMILES string of the molecule is CC(C)(C)c1ccc(S(=O)(=O)Cc2nnc(C(F)F)s2)cc1. The van der Waals surface area contributed by atoms with Crippen LogP contribution in [0.1, 0.15) is 42.8 Å². The Bertz CT molecular complexity index is 748. The van der Waals surface area contributed by atoms with Crippen molar-refractivity contribution in [2.75, 3.05) is 0 Å². The maximum atomic E-state index is 12.5. The zero-order valence-corrected chi connectivity index (χ0v) is 14.0. The van der Waals surface area contributed by atoms with Gasteiger partial charge in [-0.3, -0.25) is 0 Å². The lowest BCUT2D eigenvalue weighted by atomic mass is 9.87. The van der Waals surface area contributed by atoms with Gasteiger partial charge in [0, 0.05) is 0 Å². The summed E-state index contributed by atoms with van der Waals surface area (Å²) in [6, 6.07) is 6.59. The van der Waals surface area contributed by atoms with E-state index in [1.807, 2.05) is 20.8 Å². The van der Waals surface area contributed by atoms with Crippen molar-refractivity contribution in [2.45, 2.75) is 43.3 Å². The molecule has 2 aromatic rings. The van der Waals surface area contributed by atoms with E-state index in [1.54, 1.807) is 12.1 Å². The molecular weight excluding hydrogens is 330 g/mol. The van der Waals surface area contributed by atoms with Gasteiger partial charge < -0.3 is 0 Å². The molecule has 1 aromatic carbocycles. The maximum Gasteiger partial charge on any atom is 0.291 e. The highest BCUT2D eigenvalue weighted by atomic mass is 32.2. The molecule has 8 heteroatoms. The third-order valence-electron chi connectivity index (χ3n) is 3.06. The molecule has 4 nitrogen and oxygen atoms in total. The van der Waals surface area contributed by atoms with E-state index >= 15 is 0 Å². The van der Waals surface area contributed by atoms with Crippen LogP contribution in [-0.4, -0.2) is 18.6 Å². The second kappa shape index (κ2) is 6.00. The Morgan fingerprint density at radius 3 is 2.18 bits per heavy atom. The molecular formula is C14H16F2N2O2S2. The van der Waals surface area contributed by atoms with Crippen LogP contribution in [0.15, 0.2) is 29.2 Å². The second-order valence-corrected chi connectivity index (χ2v) is 8.95. The van der Waals surface area contributed by atoms with Crippen LogP contribution in [0.2, 0.25) is 0 Å². The van der Waals surface area contributed by atoms with Crippen LogP contribution in [-0.2, 0) is 21.0 Å². The Labute approximate surface area is 132 Å². The van der Waals surface area contributed by atoms with Crippen molar-refractivity contribution >= 4 is 21.2 Å². The monoisotopic (exact) mass is 346 g/mol. The smallest absolute Gasteiger partial charge is 0.223 e. The number of alkyl halides is 2. The molecule has 0 aliphatic carbocycles. The van der Waals surface area contributed by atoms with E-state index in [4.69, 9.17) is 0 Å². The zero-order chi connectivity index (χ0) is 16.5. The lowest BCUT2D eigenvalue weighted by Gasteiger charge is -2.19. The fraction of sp³-hybridized carbons (Fsp3) is 0.429. The third kappa shape index (κ3) is 3.86. The van der Waals surface area contributed by atoms with Crippen LogP contribution in [0.5, 0.6) is 0 Å². The molecule has 0 radical (unpaired) electrons.